The lowest BCUT2D eigenvalue weighted by Gasteiger charge is -2.31. The predicted molar refractivity (Wildman–Crippen MR) is 150 cm³/mol. The second kappa shape index (κ2) is 13.0. The van der Waals surface area contributed by atoms with E-state index < -0.39 is 17.8 Å². The van der Waals surface area contributed by atoms with Gasteiger partial charge < -0.3 is 14.4 Å². The molecule has 0 radical (unpaired) electrons. The maximum atomic E-state index is 14.9. The summed E-state index contributed by atoms with van der Waals surface area (Å²) in [4.78, 5) is 31.2. The van der Waals surface area contributed by atoms with Crippen LogP contribution in [0.1, 0.15) is 33.9 Å². The van der Waals surface area contributed by atoms with Crippen molar-refractivity contribution in [1.29, 1.82) is 0 Å². The molecular formula is C31H32F2N4O4. The summed E-state index contributed by atoms with van der Waals surface area (Å²) in [6.07, 6.45) is 0.249. The van der Waals surface area contributed by atoms with Crippen LogP contribution in [-0.4, -0.2) is 85.4 Å². The van der Waals surface area contributed by atoms with Crippen molar-refractivity contribution >= 4 is 17.5 Å². The minimum absolute atomic E-state index is 0.249. The van der Waals surface area contributed by atoms with Crippen molar-refractivity contribution in [3.05, 3.63) is 101 Å². The third-order valence-electron chi connectivity index (χ3n) is 7.35. The van der Waals surface area contributed by atoms with E-state index in [1.807, 2.05) is 0 Å². The van der Waals surface area contributed by atoms with Crippen LogP contribution in [0, 0.1) is 11.6 Å². The molecule has 2 heterocycles. The molecule has 0 aromatic heterocycles. The van der Waals surface area contributed by atoms with Gasteiger partial charge in [-0.05, 0) is 48.0 Å². The van der Waals surface area contributed by atoms with Gasteiger partial charge in [-0.2, -0.15) is 5.10 Å². The fourth-order valence-corrected chi connectivity index (χ4v) is 5.04. The second-order valence-electron chi connectivity index (χ2n) is 9.94. The van der Waals surface area contributed by atoms with Gasteiger partial charge in [0.15, 0.2) is 0 Å². The Morgan fingerprint density at radius 2 is 1.71 bits per heavy atom. The summed E-state index contributed by atoms with van der Waals surface area (Å²) in [6.45, 7) is 3.34. The molecule has 0 bridgehead atoms. The number of ether oxygens (including phenoxy) is 2. The molecule has 5 rings (SSSR count). The molecule has 10 heteroatoms. The third-order valence-corrected chi connectivity index (χ3v) is 7.35. The van der Waals surface area contributed by atoms with Crippen molar-refractivity contribution in [2.45, 2.75) is 12.5 Å². The monoisotopic (exact) mass is 562 g/mol. The zero-order chi connectivity index (χ0) is 28.8. The maximum absolute atomic E-state index is 14.9. The number of rotatable bonds is 9. The first-order valence-corrected chi connectivity index (χ1v) is 13.6. The lowest BCUT2D eigenvalue weighted by Crippen LogP contribution is -2.46. The number of nitrogens with zero attached hydrogens (tertiary/aromatic N) is 4. The number of amides is 2. The average Bonchev–Trinajstić information content (AvgIpc) is 3.45. The number of carbonyl (C=O) groups excluding carboxylic acids is 2. The Labute approximate surface area is 237 Å². The molecule has 3 aromatic carbocycles. The van der Waals surface area contributed by atoms with Gasteiger partial charge in [-0.3, -0.25) is 14.5 Å². The summed E-state index contributed by atoms with van der Waals surface area (Å²) in [5.74, 6) is -0.981. The van der Waals surface area contributed by atoms with Crippen LogP contribution in [0.3, 0.4) is 0 Å². The highest BCUT2D eigenvalue weighted by molar-refractivity contribution is 6.03. The Bertz CT molecular complexity index is 1390. The van der Waals surface area contributed by atoms with Crippen LogP contribution in [0.4, 0.5) is 8.78 Å². The van der Waals surface area contributed by atoms with Crippen LogP contribution in [-0.2, 0) is 9.53 Å². The van der Waals surface area contributed by atoms with Crippen LogP contribution in [0.5, 0.6) is 5.75 Å². The van der Waals surface area contributed by atoms with E-state index in [2.05, 4.69) is 10.0 Å². The standard InChI is InChI=1S/C31H32F2N4O4/c1-40-25-12-8-23(9-13-25)31(39)36(15-14-35-16-18-41-19-17-35)21-30(38)37-29(26-4-2-3-5-27(26)33)20-28(34-37)22-6-10-24(32)11-7-22/h2-13,29H,14-21H2,1H3. The van der Waals surface area contributed by atoms with Crippen LogP contribution in [0.2, 0.25) is 0 Å². The molecule has 1 unspecified atom stereocenters. The highest BCUT2D eigenvalue weighted by Crippen LogP contribution is 2.34. The van der Waals surface area contributed by atoms with E-state index in [0.717, 1.165) is 13.1 Å². The number of halogens is 2. The van der Waals surface area contributed by atoms with Crippen molar-refractivity contribution in [1.82, 2.24) is 14.8 Å². The molecule has 2 aliphatic rings. The van der Waals surface area contributed by atoms with Gasteiger partial charge in [-0.15, -0.1) is 0 Å². The third kappa shape index (κ3) is 6.78. The normalized spacial score (nSPS) is 17.3. The van der Waals surface area contributed by atoms with Gasteiger partial charge >= 0.3 is 0 Å². The van der Waals surface area contributed by atoms with E-state index in [1.165, 1.54) is 28.1 Å². The van der Waals surface area contributed by atoms with E-state index in [4.69, 9.17) is 9.47 Å². The summed E-state index contributed by atoms with van der Waals surface area (Å²) >= 11 is 0. The highest BCUT2D eigenvalue weighted by Gasteiger charge is 2.36. The van der Waals surface area contributed by atoms with Crippen molar-refractivity contribution < 1.29 is 27.8 Å². The maximum Gasteiger partial charge on any atom is 0.262 e. The molecule has 0 saturated carbocycles. The Kier molecular flexibility index (Phi) is 9.01. The van der Waals surface area contributed by atoms with Crippen LogP contribution in [0.15, 0.2) is 77.9 Å². The van der Waals surface area contributed by atoms with E-state index in [0.29, 0.717) is 54.5 Å². The van der Waals surface area contributed by atoms with Gasteiger partial charge in [-0.1, -0.05) is 30.3 Å². The molecule has 214 valence electrons. The molecule has 1 fully saturated rings. The molecule has 41 heavy (non-hydrogen) atoms. The Morgan fingerprint density at radius 1 is 1.00 bits per heavy atom. The van der Waals surface area contributed by atoms with E-state index in [-0.39, 0.29) is 24.7 Å². The van der Waals surface area contributed by atoms with Gasteiger partial charge in [0.1, 0.15) is 23.9 Å². The van der Waals surface area contributed by atoms with Gasteiger partial charge in [-0.25, -0.2) is 13.8 Å². The number of hydrazone groups is 1. The minimum Gasteiger partial charge on any atom is -0.497 e. The van der Waals surface area contributed by atoms with Crippen molar-refractivity contribution in [3.63, 3.8) is 0 Å². The predicted octanol–water partition coefficient (Wildman–Crippen LogP) is 4.13. The van der Waals surface area contributed by atoms with Crippen molar-refractivity contribution in [2.75, 3.05) is 53.0 Å². The molecule has 2 amide bonds. The van der Waals surface area contributed by atoms with Crippen LogP contribution >= 0.6 is 0 Å². The number of methoxy groups -OCH3 is 1. The molecular weight excluding hydrogens is 530 g/mol. The number of morpholine rings is 1. The fourth-order valence-electron chi connectivity index (χ4n) is 5.04. The summed E-state index contributed by atoms with van der Waals surface area (Å²) in [7, 11) is 1.55. The van der Waals surface area contributed by atoms with Crippen molar-refractivity contribution in [2.24, 2.45) is 5.10 Å². The van der Waals surface area contributed by atoms with Gasteiger partial charge in [0, 0.05) is 43.7 Å². The number of hydrogen-bond donors (Lipinski definition) is 0. The van der Waals surface area contributed by atoms with Crippen molar-refractivity contribution in [3.8, 4) is 5.75 Å². The smallest absolute Gasteiger partial charge is 0.262 e. The lowest BCUT2D eigenvalue weighted by atomic mass is 9.98. The molecule has 1 atom stereocenters. The van der Waals surface area contributed by atoms with Crippen LogP contribution in [0.25, 0.3) is 0 Å². The molecule has 0 spiro atoms. The molecule has 8 nitrogen and oxygen atoms in total. The number of carbonyl (C=O) groups is 2. The quantitative estimate of drug-likeness (QED) is 0.392. The topological polar surface area (TPSA) is 74.7 Å². The molecule has 3 aromatic rings. The van der Waals surface area contributed by atoms with E-state index in [1.54, 1.807) is 61.7 Å². The zero-order valence-corrected chi connectivity index (χ0v) is 22.8. The van der Waals surface area contributed by atoms with Gasteiger partial charge in [0.2, 0.25) is 0 Å². The molecule has 2 aliphatic heterocycles. The molecule has 0 N–H and O–H groups in total. The second-order valence-corrected chi connectivity index (χ2v) is 9.94. The highest BCUT2D eigenvalue weighted by atomic mass is 19.1. The first kappa shape index (κ1) is 28.4. The Hall–Kier alpha value is -4.15. The van der Waals surface area contributed by atoms with Crippen LogP contribution < -0.4 is 4.74 Å². The minimum atomic E-state index is -0.707. The summed E-state index contributed by atoms with van der Waals surface area (Å²) in [5, 5.41) is 5.84. The van der Waals surface area contributed by atoms with E-state index in [9.17, 15) is 18.4 Å². The summed E-state index contributed by atoms with van der Waals surface area (Å²) < 4.78 is 39.2. The first-order chi connectivity index (χ1) is 19.9. The number of hydrogen-bond acceptors (Lipinski definition) is 6. The molecule has 1 saturated heterocycles. The Balaban J connectivity index is 1.41. The van der Waals surface area contributed by atoms with E-state index >= 15 is 0 Å². The SMILES string of the molecule is COc1ccc(C(=O)N(CCN2CCOCC2)CC(=O)N2N=C(c3ccc(F)cc3)CC2c2ccccc2F)cc1. The zero-order valence-electron chi connectivity index (χ0n) is 22.8. The summed E-state index contributed by atoms with van der Waals surface area (Å²) in [5.41, 5.74) is 1.92. The largest absolute Gasteiger partial charge is 0.497 e. The van der Waals surface area contributed by atoms with Gasteiger partial charge in [0.05, 0.1) is 32.1 Å². The van der Waals surface area contributed by atoms with Gasteiger partial charge in [0.25, 0.3) is 11.8 Å². The summed E-state index contributed by atoms with van der Waals surface area (Å²) in [6, 6.07) is 18.1. The Morgan fingerprint density at radius 3 is 2.39 bits per heavy atom. The lowest BCUT2D eigenvalue weighted by molar-refractivity contribution is -0.133. The fraction of sp³-hybridized carbons (Fsp3) is 0.323. The molecule has 0 aliphatic carbocycles. The first-order valence-electron chi connectivity index (χ1n) is 13.6. The average molecular weight is 563 g/mol. The number of benzene rings is 3.